The number of rotatable bonds is 5. The average molecular weight is 248 g/mol. The maximum atomic E-state index is 12.0. The summed E-state index contributed by atoms with van der Waals surface area (Å²) in [5.74, 6) is -0.0709. The second-order valence-corrected chi connectivity index (χ2v) is 5.29. The van der Waals surface area contributed by atoms with E-state index in [4.69, 9.17) is 0 Å². The van der Waals surface area contributed by atoms with E-state index in [-0.39, 0.29) is 17.9 Å². The topological polar surface area (TPSA) is 52.6 Å². The molecular weight excluding hydrogens is 228 g/mol. The molecule has 1 amide bonds. The van der Waals surface area contributed by atoms with Crippen molar-refractivity contribution in [1.82, 2.24) is 5.32 Å². The van der Waals surface area contributed by atoms with E-state index in [1.165, 1.54) is 0 Å². The number of hydrogen-bond acceptors (Lipinski definition) is 3. The molecule has 0 heterocycles. The zero-order valence-electron chi connectivity index (χ0n) is 10.9. The highest BCUT2D eigenvalue weighted by atomic mass is 16.3. The van der Waals surface area contributed by atoms with Crippen molar-refractivity contribution in [2.45, 2.75) is 12.8 Å². The first-order valence-corrected chi connectivity index (χ1v) is 6.23. The first kappa shape index (κ1) is 12.9. The van der Waals surface area contributed by atoms with Crippen LogP contribution in [-0.2, 0) is 0 Å². The van der Waals surface area contributed by atoms with E-state index >= 15 is 0 Å². The molecule has 2 rings (SSSR count). The van der Waals surface area contributed by atoms with Crippen LogP contribution in [0.25, 0.3) is 0 Å². The molecule has 0 bridgehead atoms. The predicted molar refractivity (Wildman–Crippen MR) is 71.9 cm³/mol. The molecule has 1 aromatic rings. The third kappa shape index (κ3) is 2.82. The van der Waals surface area contributed by atoms with Gasteiger partial charge in [-0.1, -0.05) is 6.07 Å². The molecule has 0 aromatic heterocycles. The van der Waals surface area contributed by atoms with Gasteiger partial charge in [0.1, 0.15) is 0 Å². The Morgan fingerprint density at radius 3 is 2.72 bits per heavy atom. The zero-order chi connectivity index (χ0) is 13.2. The minimum atomic E-state index is -0.0709. The number of carbonyl (C=O) groups is 1. The maximum Gasteiger partial charge on any atom is 0.251 e. The van der Waals surface area contributed by atoms with Gasteiger partial charge >= 0.3 is 0 Å². The highest BCUT2D eigenvalue weighted by molar-refractivity contribution is 5.95. The van der Waals surface area contributed by atoms with Gasteiger partial charge < -0.3 is 15.3 Å². The maximum absolute atomic E-state index is 12.0. The molecule has 0 radical (unpaired) electrons. The second-order valence-electron chi connectivity index (χ2n) is 5.29. The lowest BCUT2D eigenvalue weighted by molar-refractivity contribution is 0.0935. The van der Waals surface area contributed by atoms with Crippen molar-refractivity contribution >= 4 is 11.6 Å². The molecule has 0 saturated heterocycles. The number of aliphatic hydroxyl groups excluding tert-OH is 1. The number of hydrogen-bond donors (Lipinski definition) is 2. The summed E-state index contributed by atoms with van der Waals surface area (Å²) in [5, 5.41) is 12.1. The summed E-state index contributed by atoms with van der Waals surface area (Å²) in [4.78, 5) is 14.0. The molecule has 0 unspecified atom stereocenters. The van der Waals surface area contributed by atoms with E-state index < -0.39 is 0 Å². The van der Waals surface area contributed by atoms with Gasteiger partial charge in [0.15, 0.2) is 0 Å². The van der Waals surface area contributed by atoms with Crippen molar-refractivity contribution in [3.05, 3.63) is 29.8 Å². The molecular formula is C14H20N2O2. The molecule has 4 heteroatoms. The number of nitrogens with one attached hydrogen (secondary N) is 1. The summed E-state index contributed by atoms with van der Waals surface area (Å²) in [7, 11) is 3.89. The van der Waals surface area contributed by atoms with Crippen molar-refractivity contribution in [2.75, 3.05) is 32.1 Å². The van der Waals surface area contributed by atoms with Gasteiger partial charge in [0.05, 0.1) is 6.61 Å². The Morgan fingerprint density at radius 2 is 2.17 bits per heavy atom. The van der Waals surface area contributed by atoms with E-state index in [2.05, 4.69) is 5.32 Å². The number of carbonyl (C=O) groups excluding carboxylic acids is 1. The number of amides is 1. The lowest BCUT2D eigenvalue weighted by atomic mass is 10.1. The fourth-order valence-electron chi connectivity index (χ4n) is 1.86. The fourth-order valence-corrected chi connectivity index (χ4v) is 1.86. The van der Waals surface area contributed by atoms with E-state index in [9.17, 15) is 9.90 Å². The van der Waals surface area contributed by atoms with Crippen molar-refractivity contribution < 1.29 is 9.90 Å². The Morgan fingerprint density at radius 1 is 1.44 bits per heavy atom. The highest BCUT2D eigenvalue weighted by Crippen LogP contribution is 2.44. The lowest BCUT2D eigenvalue weighted by Crippen LogP contribution is -2.31. The third-order valence-corrected chi connectivity index (χ3v) is 3.54. The fraction of sp³-hybridized carbons (Fsp3) is 0.500. The number of nitrogens with zero attached hydrogens (tertiary/aromatic N) is 1. The Balaban J connectivity index is 1.98. The zero-order valence-corrected chi connectivity index (χ0v) is 10.9. The Kier molecular flexibility index (Phi) is 3.57. The highest BCUT2D eigenvalue weighted by Gasteiger charge is 2.42. The first-order valence-electron chi connectivity index (χ1n) is 6.23. The summed E-state index contributed by atoms with van der Waals surface area (Å²) in [6, 6.07) is 7.52. The van der Waals surface area contributed by atoms with Crippen LogP contribution in [-0.4, -0.2) is 38.3 Å². The van der Waals surface area contributed by atoms with Crippen molar-refractivity contribution in [3.63, 3.8) is 0 Å². The molecule has 0 aliphatic heterocycles. The van der Waals surface area contributed by atoms with Crippen molar-refractivity contribution in [2.24, 2.45) is 5.41 Å². The van der Waals surface area contributed by atoms with E-state index in [0.29, 0.717) is 12.1 Å². The average Bonchev–Trinajstić information content (AvgIpc) is 3.17. The molecule has 98 valence electrons. The molecule has 1 aromatic carbocycles. The normalized spacial score (nSPS) is 16.2. The predicted octanol–water partition coefficient (Wildman–Crippen LogP) is 1.25. The van der Waals surface area contributed by atoms with Gasteiger partial charge in [-0.15, -0.1) is 0 Å². The molecule has 0 atom stereocenters. The Hall–Kier alpha value is -1.55. The van der Waals surface area contributed by atoms with Gasteiger partial charge in [0, 0.05) is 37.3 Å². The molecule has 2 N–H and O–H groups in total. The minimum absolute atomic E-state index is 0.0468. The molecule has 1 saturated carbocycles. The van der Waals surface area contributed by atoms with Gasteiger partial charge in [-0.25, -0.2) is 0 Å². The largest absolute Gasteiger partial charge is 0.396 e. The van der Waals surface area contributed by atoms with Crippen LogP contribution >= 0.6 is 0 Å². The monoisotopic (exact) mass is 248 g/mol. The summed E-state index contributed by atoms with van der Waals surface area (Å²) in [6.07, 6.45) is 2.00. The second kappa shape index (κ2) is 4.98. The van der Waals surface area contributed by atoms with Crippen LogP contribution in [0, 0.1) is 5.41 Å². The smallest absolute Gasteiger partial charge is 0.251 e. The minimum Gasteiger partial charge on any atom is -0.396 e. The first-order chi connectivity index (χ1) is 8.56. The van der Waals surface area contributed by atoms with Gasteiger partial charge in [-0.05, 0) is 31.0 Å². The molecule has 4 nitrogen and oxygen atoms in total. The van der Waals surface area contributed by atoms with E-state index in [1.54, 1.807) is 6.07 Å². The molecule has 1 aliphatic carbocycles. The standard InChI is InChI=1S/C14H20N2O2/c1-16(2)12-5-3-4-11(8-12)13(18)15-9-14(10-17)6-7-14/h3-5,8,17H,6-7,9-10H2,1-2H3,(H,15,18). The summed E-state index contributed by atoms with van der Waals surface area (Å²) >= 11 is 0. The summed E-state index contributed by atoms with van der Waals surface area (Å²) in [5.41, 5.74) is 1.62. The summed E-state index contributed by atoms with van der Waals surface area (Å²) in [6.45, 7) is 0.722. The number of anilines is 1. The van der Waals surface area contributed by atoms with Crippen LogP contribution < -0.4 is 10.2 Å². The third-order valence-electron chi connectivity index (χ3n) is 3.54. The van der Waals surface area contributed by atoms with Gasteiger partial charge in [0.25, 0.3) is 5.91 Å². The van der Waals surface area contributed by atoms with E-state index in [1.807, 2.05) is 37.2 Å². The SMILES string of the molecule is CN(C)c1cccc(C(=O)NCC2(CO)CC2)c1. The van der Waals surface area contributed by atoms with Crippen LogP contribution in [0.4, 0.5) is 5.69 Å². The van der Waals surface area contributed by atoms with Crippen LogP contribution in [0.5, 0.6) is 0 Å². The molecule has 18 heavy (non-hydrogen) atoms. The lowest BCUT2D eigenvalue weighted by Gasteiger charge is -2.15. The van der Waals surface area contributed by atoms with Crippen LogP contribution in [0.1, 0.15) is 23.2 Å². The van der Waals surface area contributed by atoms with E-state index in [0.717, 1.165) is 18.5 Å². The van der Waals surface area contributed by atoms with Gasteiger partial charge in [-0.2, -0.15) is 0 Å². The van der Waals surface area contributed by atoms with Gasteiger partial charge in [0.2, 0.25) is 0 Å². The van der Waals surface area contributed by atoms with Crippen molar-refractivity contribution in [3.8, 4) is 0 Å². The Bertz CT molecular complexity index is 439. The summed E-state index contributed by atoms with van der Waals surface area (Å²) < 4.78 is 0. The molecule has 1 fully saturated rings. The van der Waals surface area contributed by atoms with Crippen LogP contribution in [0.3, 0.4) is 0 Å². The van der Waals surface area contributed by atoms with Crippen LogP contribution in [0.15, 0.2) is 24.3 Å². The van der Waals surface area contributed by atoms with Crippen molar-refractivity contribution in [1.29, 1.82) is 0 Å². The quantitative estimate of drug-likeness (QED) is 0.824. The Labute approximate surface area is 108 Å². The van der Waals surface area contributed by atoms with Gasteiger partial charge in [-0.3, -0.25) is 4.79 Å². The van der Waals surface area contributed by atoms with Crippen LogP contribution in [0.2, 0.25) is 0 Å². The molecule has 0 spiro atoms. The number of benzene rings is 1. The number of aliphatic hydroxyl groups is 1. The molecule has 1 aliphatic rings.